The molecule has 0 saturated carbocycles. The summed E-state index contributed by atoms with van der Waals surface area (Å²) in [7, 11) is 0. The quantitative estimate of drug-likeness (QED) is 0.408. The van der Waals surface area contributed by atoms with Crippen molar-refractivity contribution in [2.75, 3.05) is 72.5 Å². The number of piperazine rings is 1. The molecule has 5 rings (SSSR count). The van der Waals surface area contributed by atoms with Gasteiger partial charge in [0.25, 0.3) is 0 Å². The number of anilines is 5. The second-order valence-corrected chi connectivity index (χ2v) is 8.56. The van der Waals surface area contributed by atoms with Crippen molar-refractivity contribution in [1.82, 2.24) is 4.98 Å². The van der Waals surface area contributed by atoms with Gasteiger partial charge in [-0.25, -0.2) is 4.98 Å². The maximum atomic E-state index is 11.7. The van der Waals surface area contributed by atoms with E-state index in [2.05, 4.69) is 25.0 Å². The number of aromatic nitrogens is 1. The number of phenolic OH excluding ortho intramolecular Hbond substituents is 1. The lowest BCUT2D eigenvalue weighted by atomic mass is 10.2. The Morgan fingerprint density at radius 3 is 2.00 bits per heavy atom. The van der Waals surface area contributed by atoms with Crippen LogP contribution in [0.1, 0.15) is 0 Å². The number of aromatic hydroxyl groups is 1. The first-order valence-electron chi connectivity index (χ1n) is 11.7. The Hall–Kier alpha value is -4.05. The van der Waals surface area contributed by atoms with Crippen molar-refractivity contribution in [3.05, 3.63) is 70.8 Å². The van der Waals surface area contributed by atoms with Crippen LogP contribution in [0.3, 0.4) is 0 Å². The summed E-state index contributed by atoms with van der Waals surface area (Å²) in [5.41, 5.74) is 2.84. The standard InChI is InChI=1S/C25H28N6O4/c32-22-7-5-21(6-8-22)28-11-13-30(14-12-28)24-10-9-23(31(33)34)25(27-24)26-19-1-3-20(4-2-19)29-15-17-35-18-16-29/h1-10,32H,11-18H2,(H,26,27). The van der Waals surface area contributed by atoms with Gasteiger partial charge in [-0.3, -0.25) is 10.1 Å². The average molecular weight is 477 g/mol. The van der Waals surface area contributed by atoms with Gasteiger partial charge in [-0.15, -0.1) is 0 Å². The molecule has 0 radical (unpaired) electrons. The number of ether oxygens (including phenoxy) is 1. The van der Waals surface area contributed by atoms with E-state index in [-0.39, 0.29) is 17.3 Å². The predicted octanol–water partition coefficient (Wildman–Crippen LogP) is 3.60. The summed E-state index contributed by atoms with van der Waals surface area (Å²) in [6.45, 7) is 6.17. The largest absolute Gasteiger partial charge is 0.508 e. The van der Waals surface area contributed by atoms with Crippen LogP contribution in [0, 0.1) is 10.1 Å². The fourth-order valence-corrected chi connectivity index (χ4v) is 4.43. The van der Waals surface area contributed by atoms with Crippen LogP contribution >= 0.6 is 0 Å². The summed E-state index contributed by atoms with van der Waals surface area (Å²) < 4.78 is 5.41. The number of morpholine rings is 1. The van der Waals surface area contributed by atoms with E-state index in [1.807, 2.05) is 36.4 Å². The number of nitrogens with one attached hydrogen (secondary N) is 1. The molecule has 10 heteroatoms. The third kappa shape index (κ3) is 5.22. The van der Waals surface area contributed by atoms with Gasteiger partial charge in [0.15, 0.2) is 0 Å². The van der Waals surface area contributed by atoms with Crippen molar-refractivity contribution in [2.45, 2.75) is 0 Å². The number of benzene rings is 2. The molecule has 2 fully saturated rings. The minimum atomic E-state index is -0.413. The molecule has 0 unspecified atom stereocenters. The molecule has 0 aliphatic carbocycles. The van der Waals surface area contributed by atoms with Crippen molar-refractivity contribution < 1.29 is 14.8 Å². The predicted molar refractivity (Wildman–Crippen MR) is 136 cm³/mol. The van der Waals surface area contributed by atoms with Gasteiger partial charge < -0.3 is 29.9 Å². The van der Waals surface area contributed by atoms with E-state index < -0.39 is 4.92 Å². The first kappa shape index (κ1) is 22.7. The molecular formula is C25H28N6O4. The summed E-state index contributed by atoms with van der Waals surface area (Å²) in [6, 6.07) is 18.2. The number of nitrogens with zero attached hydrogens (tertiary/aromatic N) is 5. The molecule has 2 aromatic carbocycles. The zero-order valence-electron chi connectivity index (χ0n) is 19.3. The summed E-state index contributed by atoms with van der Waals surface area (Å²) in [5, 5.41) is 24.3. The van der Waals surface area contributed by atoms with Crippen LogP contribution in [0.2, 0.25) is 0 Å². The smallest absolute Gasteiger partial charge is 0.311 e. The Kier molecular flexibility index (Phi) is 6.53. The second kappa shape index (κ2) is 10.1. The molecule has 0 atom stereocenters. The second-order valence-electron chi connectivity index (χ2n) is 8.56. The molecule has 10 nitrogen and oxygen atoms in total. The summed E-state index contributed by atoms with van der Waals surface area (Å²) in [5.74, 6) is 1.18. The van der Waals surface area contributed by atoms with Crippen LogP contribution in [0.4, 0.5) is 34.4 Å². The highest BCUT2D eigenvalue weighted by Gasteiger charge is 2.22. The molecule has 1 aromatic heterocycles. The molecule has 35 heavy (non-hydrogen) atoms. The van der Waals surface area contributed by atoms with Gasteiger partial charge in [-0.05, 0) is 54.6 Å². The Morgan fingerprint density at radius 1 is 0.800 bits per heavy atom. The van der Waals surface area contributed by atoms with Crippen LogP contribution in [0.5, 0.6) is 5.75 Å². The van der Waals surface area contributed by atoms with Crippen LogP contribution in [-0.2, 0) is 4.74 Å². The van der Waals surface area contributed by atoms with E-state index in [1.54, 1.807) is 18.2 Å². The monoisotopic (exact) mass is 476 g/mol. The molecule has 0 spiro atoms. The number of nitro groups is 1. The van der Waals surface area contributed by atoms with Gasteiger partial charge >= 0.3 is 5.69 Å². The Morgan fingerprint density at radius 2 is 1.37 bits per heavy atom. The number of hydrogen-bond donors (Lipinski definition) is 2. The van der Waals surface area contributed by atoms with Gasteiger partial charge in [-0.2, -0.15) is 0 Å². The number of pyridine rings is 1. The normalized spacial score (nSPS) is 16.3. The Bertz CT molecular complexity index is 1160. The van der Waals surface area contributed by atoms with Crippen LogP contribution in [0.15, 0.2) is 60.7 Å². The fraction of sp³-hybridized carbons (Fsp3) is 0.320. The van der Waals surface area contributed by atoms with Crippen molar-refractivity contribution in [3.63, 3.8) is 0 Å². The lowest BCUT2D eigenvalue weighted by molar-refractivity contribution is -0.384. The highest BCUT2D eigenvalue weighted by molar-refractivity contribution is 5.69. The zero-order chi connectivity index (χ0) is 24.2. The summed E-state index contributed by atoms with van der Waals surface area (Å²) in [6.07, 6.45) is 0. The number of phenols is 1. The molecule has 0 amide bonds. The van der Waals surface area contributed by atoms with Gasteiger partial charge in [0, 0.05) is 62.4 Å². The maximum absolute atomic E-state index is 11.7. The topological polar surface area (TPSA) is 107 Å². The van der Waals surface area contributed by atoms with Crippen LogP contribution < -0.4 is 20.0 Å². The average Bonchev–Trinajstić information content (AvgIpc) is 2.90. The SMILES string of the molecule is O=[N+]([O-])c1ccc(N2CCN(c3ccc(O)cc3)CC2)nc1Nc1ccc(N2CCOCC2)cc1. The molecule has 2 aliphatic rings. The third-order valence-corrected chi connectivity index (χ3v) is 6.38. The van der Waals surface area contributed by atoms with Crippen LogP contribution in [0.25, 0.3) is 0 Å². The van der Waals surface area contributed by atoms with E-state index in [4.69, 9.17) is 4.74 Å². The van der Waals surface area contributed by atoms with E-state index in [0.717, 1.165) is 56.3 Å². The highest BCUT2D eigenvalue weighted by Crippen LogP contribution is 2.30. The molecule has 0 bridgehead atoms. The number of hydrogen-bond acceptors (Lipinski definition) is 9. The van der Waals surface area contributed by atoms with Crippen molar-refractivity contribution in [2.24, 2.45) is 0 Å². The minimum absolute atomic E-state index is 0.0614. The molecule has 3 aromatic rings. The van der Waals surface area contributed by atoms with Gasteiger partial charge in [0.1, 0.15) is 11.6 Å². The molecule has 2 saturated heterocycles. The van der Waals surface area contributed by atoms with Gasteiger partial charge in [-0.1, -0.05) is 0 Å². The van der Waals surface area contributed by atoms with Gasteiger partial charge in [0.2, 0.25) is 5.82 Å². The minimum Gasteiger partial charge on any atom is -0.508 e. The molecular weight excluding hydrogens is 448 g/mol. The first-order chi connectivity index (χ1) is 17.1. The van der Waals surface area contributed by atoms with E-state index in [9.17, 15) is 15.2 Å². The summed E-state index contributed by atoms with van der Waals surface area (Å²) >= 11 is 0. The fourth-order valence-electron chi connectivity index (χ4n) is 4.43. The van der Waals surface area contributed by atoms with E-state index >= 15 is 0 Å². The van der Waals surface area contributed by atoms with Crippen molar-refractivity contribution >= 4 is 34.4 Å². The lowest BCUT2D eigenvalue weighted by Gasteiger charge is -2.36. The molecule has 182 valence electrons. The third-order valence-electron chi connectivity index (χ3n) is 6.38. The molecule has 2 aliphatic heterocycles. The maximum Gasteiger partial charge on any atom is 0.311 e. The van der Waals surface area contributed by atoms with Crippen molar-refractivity contribution in [3.8, 4) is 5.75 Å². The number of rotatable bonds is 6. The zero-order valence-corrected chi connectivity index (χ0v) is 19.3. The highest BCUT2D eigenvalue weighted by atomic mass is 16.6. The molecule has 2 N–H and O–H groups in total. The lowest BCUT2D eigenvalue weighted by Crippen LogP contribution is -2.46. The first-order valence-corrected chi connectivity index (χ1v) is 11.7. The van der Waals surface area contributed by atoms with Crippen molar-refractivity contribution in [1.29, 1.82) is 0 Å². The Labute approximate surface area is 203 Å². The van der Waals surface area contributed by atoms with Gasteiger partial charge in [0.05, 0.1) is 18.1 Å². The van der Waals surface area contributed by atoms with Crippen LogP contribution in [-0.4, -0.2) is 67.5 Å². The molecule has 3 heterocycles. The van der Waals surface area contributed by atoms with E-state index in [1.165, 1.54) is 6.07 Å². The van der Waals surface area contributed by atoms with E-state index in [0.29, 0.717) is 19.0 Å². The summed E-state index contributed by atoms with van der Waals surface area (Å²) in [4.78, 5) is 22.5. The Balaban J connectivity index is 1.29.